The molecule has 1 aromatic carbocycles. The molecule has 1 rings (SSSR count). The van der Waals surface area contributed by atoms with E-state index in [1.807, 2.05) is 5.92 Å². The molecule has 0 atom stereocenters. The summed E-state index contributed by atoms with van der Waals surface area (Å²) in [7, 11) is 0. The summed E-state index contributed by atoms with van der Waals surface area (Å²) in [5.41, 5.74) is -0.396. The molecule has 0 unspecified atom stereocenters. The zero-order valence-corrected chi connectivity index (χ0v) is 8.31. The van der Waals surface area contributed by atoms with Crippen molar-refractivity contribution in [3.8, 4) is 11.8 Å². The van der Waals surface area contributed by atoms with Crippen LogP contribution < -0.4 is 0 Å². The fourth-order valence-corrected chi connectivity index (χ4v) is 0.908. The Morgan fingerprint density at radius 1 is 1.31 bits per heavy atom. The summed E-state index contributed by atoms with van der Waals surface area (Å²) < 4.78 is 42.7. The monoisotopic (exact) mass is 228 g/mol. The first-order chi connectivity index (χ1) is 7.56. The minimum Gasteiger partial charge on any atom is -0.456 e. The third kappa shape index (κ3) is 2.76. The molecule has 0 amide bonds. The predicted octanol–water partition coefficient (Wildman–Crippen LogP) is 2.02. The van der Waals surface area contributed by atoms with Gasteiger partial charge in [-0.3, -0.25) is 0 Å². The molecule has 0 saturated heterocycles. The van der Waals surface area contributed by atoms with Crippen molar-refractivity contribution in [2.45, 2.75) is 6.92 Å². The zero-order chi connectivity index (χ0) is 12.1. The Morgan fingerprint density at radius 3 is 2.62 bits per heavy atom. The standard InChI is InChI=1S/C11H7F3O2/c1-2-16-9(15)6-4-7-3-5-8(12)11(14)10(7)13/h3,5H,2H2,1H3. The Bertz CT molecular complexity index is 472. The highest BCUT2D eigenvalue weighted by Crippen LogP contribution is 2.13. The van der Waals surface area contributed by atoms with E-state index in [2.05, 4.69) is 10.7 Å². The van der Waals surface area contributed by atoms with Crippen LogP contribution in [0.4, 0.5) is 13.2 Å². The van der Waals surface area contributed by atoms with Crippen molar-refractivity contribution in [2.75, 3.05) is 6.61 Å². The van der Waals surface area contributed by atoms with Gasteiger partial charge in [-0.25, -0.2) is 18.0 Å². The van der Waals surface area contributed by atoms with Crippen molar-refractivity contribution in [1.29, 1.82) is 0 Å². The van der Waals surface area contributed by atoms with Gasteiger partial charge in [0.15, 0.2) is 17.5 Å². The lowest BCUT2D eigenvalue weighted by molar-refractivity contribution is -0.136. The third-order valence-corrected chi connectivity index (χ3v) is 1.61. The maximum Gasteiger partial charge on any atom is 0.384 e. The van der Waals surface area contributed by atoms with Crippen LogP contribution in [0.1, 0.15) is 12.5 Å². The molecule has 0 aliphatic heterocycles. The van der Waals surface area contributed by atoms with Gasteiger partial charge >= 0.3 is 5.97 Å². The van der Waals surface area contributed by atoms with E-state index in [0.29, 0.717) is 0 Å². The Labute approximate surface area is 90.0 Å². The van der Waals surface area contributed by atoms with Crippen LogP contribution in [0.3, 0.4) is 0 Å². The van der Waals surface area contributed by atoms with E-state index in [9.17, 15) is 18.0 Å². The smallest absolute Gasteiger partial charge is 0.384 e. The average molecular weight is 228 g/mol. The summed E-state index contributed by atoms with van der Waals surface area (Å²) in [6.45, 7) is 1.71. The van der Waals surface area contributed by atoms with Crippen LogP contribution in [0.15, 0.2) is 12.1 Å². The van der Waals surface area contributed by atoms with Gasteiger partial charge in [0.2, 0.25) is 0 Å². The molecule has 84 valence electrons. The van der Waals surface area contributed by atoms with Crippen molar-refractivity contribution in [3.05, 3.63) is 35.1 Å². The van der Waals surface area contributed by atoms with Crippen molar-refractivity contribution in [1.82, 2.24) is 0 Å². The van der Waals surface area contributed by atoms with E-state index in [4.69, 9.17) is 0 Å². The molecule has 0 bridgehead atoms. The summed E-state index contributed by atoms with van der Waals surface area (Å²) in [6.07, 6.45) is 0. The lowest BCUT2D eigenvalue weighted by Crippen LogP contribution is -2.00. The number of hydrogen-bond acceptors (Lipinski definition) is 2. The second-order valence-electron chi connectivity index (χ2n) is 2.69. The summed E-state index contributed by atoms with van der Waals surface area (Å²) in [5, 5.41) is 0. The number of hydrogen-bond donors (Lipinski definition) is 0. The quantitative estimate of drug-likeness (QED) is 0.417. The van der Waals surface area contributed by atoms with Crippen molar-refractivity contribution in [2.24, 2.45) is 0 Å². The molecule has 5 heteroatoms. The number of esters is 1. The minimum atomic E-state index is -1.62. The van der Waals surface area contributed by atoms with E-state index in [1.165, 1.54) is 0 Å². The van der Waals surface area contributed by atoms with Gasteiger partial charge in [-0.1, -0.05) is 5.92 Å². The molecule has 0 aliphatic carbocycles. The average Bonchev–Trinajstić information content (AvgIpc) is 2.25. The number of halogens is 3. The van der Waals surface area contributed by atoms with Crippen LogP contribution in [0.25, 0.3) is 0 Å². The van der Waals surface area contributed by atoms with E-state index < -0.39 is 29.0 Å². The number of carbonyl (C=O) groups is 1. The molecule has 0 aromatic heterocycles. The number of rotatable bonds is 1. The summed E-state index contributed by atoms with van der Waals surface area (Å²) in [4.78, 5) is 10.8. The van der Waals surface area contributed by atoms with Crippen molar-refractivity contribution in [3.63, 3.8) is 0 Å². The molecule has 0 fully saturated rings. The normalized spacial score (nSPS) is 9.25. The van der Waals surface area contributed by atoms with Crippen LogP contribution in [0.5, 0.6) is 0 Å². The highest BCUT2D eigenvalue weighted by Gasteiger charge is 2.11. The number of ether oxygens (including phenoxy) is 1. The van der Waals surface area contributed by atoms with Gasteiger partial charge in [0.25, 0.3) is 0 Å². The zero-order valence-electron chi connectivity index (χ0n) is 8.31. The summed E-state index contributed by atoms with van der Waals surface area (Å²) in [6, 6.07) is 1.67. The van der Waals surface area contributed by atoms with Gasteiger partial charge in [0.05, 0.1) is 12.2 Å². The molecule has 1 aromatic rings. The van der Waals surface area contributed by atoms with Gasteiger partial charge < -0.3 is 4.74 Å². The fraction of sp³-hybridized carbons (Fsp3) is 0.182. The minimum absolute atomic E-state index is 0.133. The highest BCUT2D eigenvalue weighted by atomic mass is 19.2. The van der Waals surface area contributed by atoms with Gasteiger partial charge in [0, 0.05) is 5.92 Å². The topological polar surface area (TPSA) is 26.3 Å². The lowest BCUT2D eigenvalue weighted by atomic mass is 10.2. The molecular weight excluding hydrogens is 221 g/mol. The van der Waals surface area contributed by atoms with Crippen LogP contribution in [-0.2, 0) is 9.53 Å². The van der Waals surface area contributed by atoms with Gasteiger partial charge in [-0.15, -0.1) is 0 Å². The molecular formula is C11H7F3O2. The second kappa shape index (κ2) is 5.21. The van der Waals surface area contributed by atoms with Crippen LogP contribution in [0.2, 0.25) is 0 Å². The van der Waals surface area contributed by atoms with Gasteiger partial charge in [-0.2, -0.15) is 0 Å². The lowest BCUT2D eigenvalue weighted by Gasteiger charge is -1.97. The molecule has 0 radical (unpaired) electrons. The second-order valence-corrected chi connectivity index (χ2v) is 2.69. The maximum atomic E-state index is 13.0. The van der Waals surface area contributed by atoms with Crippen molar-refractivity contribution >= 4 is 5.97 Å². The Hall–Kier alpha value is -1.96. The third-order valence-electron chi connectivity index (χ3n) is 1.61. The SMILES string of the molecule is CCOC(=O)C#Cc1ccc(F)c(F)c1F. The molecule has 2 nitrogen and oxygen atoms in total. The van der Waals surface area contributed by atoms with Gasteiger partial charge in [0.1, 0.15) is 0 Å². The number of carbonyl (C=O) groups excluding carboxylic acids is 1. The Balaban J connectivity index is 2.98. The predicted molar refractivity (Wildman–Crippen MR) is 49.8 cm³/mol. The van der Waals surface area contributed by atoms with Crippen LogP contribution in [-0.4, -0.2) is 12.6 Å². The maximum absolute atomic E-state index is 13.0. The van der Waals surface area contributed by atoms with E-state index in [-0.39, 0.29) is 6.61 Å². The summed E-state index contributed by atoms with van der Waals surface area (Å²) >= 11 is 0. The molecule has 16 heavy (non-hydrogen) atoms. The van der Waals surface area contributed by atoms with Gasteiger partial charge in [-0.05, 0) is 19.1 Å². The van der Waals surface area contributed by atoms with Crippen molar-refractivity contribution < 1.29 is 22.7 Å². The first-order valence-electron chi connectivity index (χ1n) is 4.38. The first-order valence-corrected chi connectivity index (χ1v) is 4.38. The van der Waals surface area contributed by atoms with E-state index >= 15 is 0 Å². The largest absolute Gasteiger partial charge is 0.456 e. The Morgan fingerprint density at radius 2 is 2.00 bits per heavy atom. The molecule has 0 heterocycles. The molecule has 0 spiro atoms. The van der Waals surface area contributed by atoms with Crippen LogP contribution >= 0.6 is 0 Å². The van der Waals surface area contributed by atoms with Crippen LogP contribution in [0, 0.1) is 29.3 Å². The first kappa shape index (κ1) is 12.1. The molecule has 0 saturated carbocycles. The summed E-state index contributed by atoms with van der Waals surface area (Å²) in [5.74, 6) is -1.19. The van der Waals surface area contributed by atoms with E-state index in [1.54, 1.807) is 6.92 Å². The van der Waals surface area contributed by atoms with E-state index in [0.717, 1.165) is 12.1 Å². The Kier molecular flexibility index (Phi) is 3.95. The highest BCUT2D eigenvalue weighted by molar-refractivity contribution is 5.89. The fourth-order valence-electron chi connectivity index (χ4n) is 0.908. The number of benzene rings is 1. The molecule has 0 N–H and O–H groups in total. The molecule has 0 aliphatic rings.